The first-order valence-corrected chi connectivity index (χ1v) is 11.4. The fraction of sp³-hybridized carbons (Fsp3) is 0.286. The Morgan fingerprint density at radius 3 is 2.53 bits per heavy atom. The second-order valence-electron chi connectivity index (χ2n) is 8.60. The van der Waals surface area contributed by atoms with Crippen LogP contribution in [0, 0.1) is 0 Å². The lowest BCUT2D eigenvalue weighted by atomic mass is 9.87. The topological polar surface area (TPSA) is 76.1 Å². The van der Waals surface area contributed by atoms with Crippen molar-refractivity contribution in [3.8, 4) is 0 Å². The lowest BCUT2D eigenvalue weighted by Crippen LogP contribution is -2.41. The molecule has 0 bridgehead atoms. The minimum atomic E-state index is -1.09. The maximum Gasteiger partial charge on any atom is 0.410 e. The summed E-state index contributed by atoms with van der Waals surface area (Å²) in [4.78, 5) is 26.3. The van der Waals surface area contributed by atoms with Crippen molar-refractivity contribution in [2.75, 3.05) is 13.2 Å². The van der Waals surface area contributed by atoms with E-state index >= 15 is 0 Å². The number of ether oxygens (including phenoxy) is 2. The van der Waals surface area contributed by atoms with Gasteiger partial charge in [0.05, 0.1) is 13.2 Å². The van der Waals surface area contributed by atoms with Crippen LogP contribution in [0.5, 0.6) is 0 Å². The van der Waals surface area contributed by atoms with Gasteiger partial charge in [0, 0.05) is 12.3 Å². The summed E-state index contributed by atoms with van der Waals surface area (Å²) in [6.07, 6.45) is 10.4. The van der Waals surface area contributed by atoms with Gasteiger partial charge in [-0.2, -0.15) is 0 Å². The number of rotatable bonds is 8. The van der Waals surface area contributed by atoms with E-state index < -0.39 is 23.7 Å². The summed E-state index contributed by atoms with van der Waals surface area (Å²) in [5.74, 6) is -0.777. The third-order valence-corrected chi connectivity index (χ3v) is 6.37. The molecule has 3 atom stereocenters. The van der Waals surface area contributed by atoms with E-state index in [2.05, 4.69) is 30.9 Å². The zero-order valence-corrected chi connectivity index (χ0v) is 19.0. The Hall–Kier alpha value is -3.64. The van der Waals surface area contributed by atoms with Crippen LogP contribution in [0.15, 0.2) is 91.6 Å². The molecule has 1 fully saturated rings. The second-order valence-corrected chi connectivity index (χ2v) is 8.60. The van der Waals surface area contributed by atoms with E-state index in [0.29, 0.717) is 5.92 Å². The van der Waals surface area contributed by atoms with Crippen molar-refractivity contribution in [2.45, 2.75) is 37.0 Å². The quantitative estimate of drug-likeness (QED) is 0.551. The highest BCUT2D eigenvalue weighted by Crippen LogP contribution is 2.40. The molecule has 34 heavy (non-hydrogen) atoms. The first kappa shape index (κ1) is 23.5. The summed E-state index contributed by atoms with van der Waals surface area (Å²) in [6.45, 7) is 4.12. The van der Waals surface area contributed by atoms with Crippen molar-refractivity contribution >= 4 is 12.1 Å². The Labute approximate surface area is 199 Å². The average Bonchev–Trinajstić information content (AvgIpc) is 3.29. The fourth-order valence-corrected chi connectivity index (χ4v) is 4.56. The van der Waals surface area contributed by atoms with Gasteiger partial charge in [-0.05, 0) is 23.1 Å². The number of allylic oxidation sites excluding steroid dienone is 4. The van der Waals surface area contributed by atoms with Gasteiger partial charge in [0.1, 0.15) is 18.2 Å². The molecule has 1 aliphatic carbocycles. The molecule has 0 saturated carbocycles. The SMILES string of the molecule is C=CCO[C@@]1(c2ccc(C3C=CC=CC3)cc2)C[C@@H](C(=O)O)N(C(=O)OCc2ccccc2)C1. The number of hydrogen-bond acceptors (Lipinski definition) is 4. The number of carbonyl (C=O) groups is 2. The van der Waals surface area contributed by atoms with Gasteiger partial charge in [-0.25, -0.2) is 9.59 Å². The minimum absolute atomic E-state index is 0.0705. The molecular formula is C28H29NO5. The number of amides is 1. The van der Waals surface area contributed by atoms with Crippen molar-refractivity contribution in [1.82, 2.24) is 4.90 Å². The van der Waals surface area contributed by atoms with Gasteiger partial charge in [0.25, 0.3) is 0 Å². The van der Waals surface area contributed by atoms with Crippen LogP contribution >= 0.6 is 0 Å². The zero-order valence-electron chi connectivity index (χ0n) is 19.0. The van der Waals surface area contributed by atoms with Gasteiger partial charge in [-0.1, -0.05) is 85.0 Å². The molecule has 1 N–H and O–H groups in total. The van der Waals surface area contributed by atoms with Gasteiger partial charge in [-0.15, -0.1) is 6.58 Å². The van der Waals surface area contributed by atoms with E-state index in [1.165, 1.54) is 10.5 Å². The van der Waals surface area contributed by atoms with Crippen LogP contribution in [0.3, 0.4) is 0 Å². The van der Waals surface area contributed by atoms with E-state index in [-0.39, 0.29) is 26.2 Å². The highest BCUT2D eigenvalue weighted by molar-refractivity contribution is 5.81. The highest BCUT2D eigenvalue weighted by Gasteiger charge is 2.51. The lowest BCUT2D eigenvalue weighted by molar-refractivity contribution is -0.142. The van der Waals surface area contributed by atoms with Crippen LogP contribution in [0.25, 0.3) is 0 Å². The first-order valence-electron chi connectivity index (χ1n) is 11.4. The average molecular weight is 460 g/mol. The van der Waals surface area contributed by atoms with Crippen LogP contribution in [-0.4, -0.2) is 41.3 Å². The Balaban J connectivity index is 1.56. The van der Waals surface area contributed by atoms with Crippen LogP contribution < -0.4 is 0 Å². The lowest BCUT2D eigenvalue weighted by Gasteiger charge is -2.30. The van der Waals surface area contributed by atoms with Crippen LogP contribution in [-0.2, 0) is 26.5 Å². The fourth-order valence-electron chi connectivity index (χ4n) is 4.56. The number of aliphatic carboxylic acids is 1. The number of hydrogen-bond donors (Lipinski definition) is 1. The Bertz CT molecular complexity index is 1080. The summed E-state index contributed by atoms with van der Waals surface area (Å²) < 4.78 is 11.6. The third-order valence-electron chi connectivity index (χ3n) is 6.37. The number of carboxylic acid groups (broad SMARTS) is 1. The minimum Gasteiger partial charge on any atom is -0.480 e. The third kappa shape index (κ3) is 5.13. The Morgan fingerprint density at radius 1 is 1.12 bits per heavy atom. The van der Waals surface area contributed by atoms with E-state index in [1.54, 1.807) is 6.08 Å². The molecule has 0 spiro atoms. The van der Waals surface area contributed by atoms with Crippen molar-refractivity contribution in [3.05, 3.63) is 108 Å². The van der Waals surface area contributed by atoms with Crippen LogP contribution in [0.1, 0.15) is 35.4 Å². The number of nitrogens with zero attached hydrogens (tertiary/aromatic N) is 1. The zero-order chi connectivity index (χ0) is 24.0. The number of carbonyl (C=O) groups excluding carboxylic acids is 1. The molecule has 2 aliphatic rings. The molecule has 176 valence electrons. The molecule has 2 aromatic carbocycles. The van der Waals surface area contributed by atoms with Gasteiger partial charge >= 0.3 is 12.1 Å². The molecule has 1 aliphatic heterocycles. The molecule has 4 rings (SSSR count). The van der Waals surface area contributed by atoms with Crippen molar-refractivity contribution in [2.24, 2.45) is 0 Å². The molecule has 1 amide bonds. The first-order chi connectivity index (χ1) is 16.5. The molecule has 2 aromatic rings. The predicted molar refractivity (Wildman–Crippen MR) is 129 cm³/mol. The van der Waals surface area contributed by atoms with E-state index in [0.717, 1.165) is 17.5 Å². The Morgan fingerprint density at radius 2 is 1.88 bits per heavy atom. The standard InChI is InChI=1S/C28H29NO5/c1-2-17-34-28(24-15-13-23(14-16-24)22-11-7-4-8-12-22)18-25(26(30)31)29(20-28)27(32)33-19-21-9-5-3-6-10-21/h2-11,13-16,22,25H,1,12,17-20H2,(H,30,31)/t22?,25-,28-/m0/s1. The number of benzene rings is 2. The van der Waals surface area contributed by atoms with Gasteiger partial charge in [0.15, 0.2) is 0 Å². The summed E-state index contributed by atoms with van der Waals surface area (Å²) in [6, 6.07) is 16.3. The van der Waals surface area contributed by atoms with Crippen LogP contribution in [0.2, 0.25) is 0 Å². The van der Waals surface area contributed by atoms with Gasteiger partial charge < -0.3 is 14.6 Å². The molecule has 1 heterocycles. The van der Waals surface area contributed by atoms with Crippen molar-refractivity contribution in [3.63, 3.8) is 0 Å². The van der Waals surface area contributed by atoms with E-state index in [1.807, 2.05) is 54.6 Å². The summed E-state index contributed by atoms with van der Waals surface area (Å²) in [5.41, 5.74) is 1.87. The molecule has 0 aromatic heterocycles. The molecule has 1 saturated heterocycles. The highest BCUT2D eigenvalue weighted by atomic mass is 16.6. The molecule has 0 radical (unpaired) electrons. The normalized spacial score (nSPS) is 23.6. The second kappa shape index (κ2) is 10.5. The smallest absolute Gasteiger partial charge is 0.410 e. The maximum atomic E-state index is 12.9. The summed E-state index contributed by atoms with van der Waals surface area (Å²) in [7, 11) is 0. The Kier molecular flexibility index (Phi) is 7.28. The monoisotopic (exact) mass is 459 g/mol. The maximum absolute atomic E-state index is 12.9. The number of carboxylic acids is 1. The molecule has 1 unspecified atom stereocenters. The number of likely N-dealkylation sites (tertiary alicyclic amines) is 1. The summed E-state index contributed by atoms with van der Waals surface area (Å²) >= 11 is 0. The molecular weight excluding hydrogens is 430 g/mol. The van der Waals surface area contributed by atoms with Crippen LogP contribution in [0.4, 0.5) is 4.79 Å². The van der Waals surface area contributed by atoms with Crippen molar-refractivity contribution < 1.29 is 24.2 Å². The predicted octanol–water partition coefficient (Wildman–Crippen LogP) is 5.18. The van der Waals surface area contributed by atoms with E-state index in [4.69, 9.17) is 9.47 Å². The van der Waals surface area contributed by atoms with Gasteiger partial charge in [-0.3, -0.25) is 4.90 Å². The van der Waals surface area contributed by atoms with E-state index in [9.17, 15) is 14.7 Å². The molecule has 6 heteroatoms. The molecule has 6 nitrogen and oxygen atoms in total. The van der Waals surface area contributed by atoms with Gasteiger partial charge in [0.2, 0.25) is 0 Å². The largest absolute Gasteiger partial charge is 0.480 e. The summed E-state index contributed by atoms with van der Waals surface area (Å²) in [5, 5.41) is 9.90. The van der Waals surface area contributed by atoms with Crippen molar-refractivity contribution in [1.29, 1.82) is 0 Å².